The molecule has 1 saturated heterocycles. The minimum Gasteiger partial charge on any atom is -0.394 e. The molecule has 1 fully saturated rings. The summed E-state index contributed by atoms with van der Waals surface area (Å²) in [6, 6.07) is 0.206. The van der Waals surface area contributed by atoms with Crippen molar-refractivity contribution in [1.82, 2.24) is 14.7 Å². The Bertz CT molecular complexity index is 579. The zero-order chi connectivity index (χ0) is 14.7. The molecule has 2 N–H and O–H groups in total. The maximum atomic E-state index is 9.75. The van der Waals surface area contributed by atoms with E-state index in [1.165, 1.54) is 25.0 Å². The summed E-state index contributed by atoms with van der Waals surface area (Å²) in [6.07, 6.45) is 6.78. The zero-order valence-electron chi connectivity index (χ0n) is 12.6. The van der Waals surface area contributed by atoms with Gasteiger partial charge in [0, 0.05) is 24.7 Å². The summed E-state index contributed by atoms with van der Waals surface area (Å²) in [7, 11) is 0. The zero-order valence-corrected chi connectivity index (χ0v) is 13.4. The lowest BCUT2D eigenvalue weighted by Gasteiger charge is -2.29. The van der Waals surface area contributed by atoms with Gasteiger partial charge in [0.1, 0.15) is 0 Å². The highest BCUT2D eigenvalue weighted by atomic mass is 32.1. The van der Waals surface area contributed by atoms with E-state index >= 15 is 0 Å². The fourth-order valence-electron chi connectivity index (χ4n) is 3.10. The van der Waals surface area contributed by atoms with Crippen LogP contribution in [0.3, 0.4) is 0 Å². The van der Waals surface area contributed by atoms with E-state index in [9.17, 15) is 5.11 Å². The molecule has 0 aliphatic carbocycles. The molecule has 0 aromatic carbocycles. The number of nitrogens with zero attached hydrogens (tertiary/aromatic N) is 3. The number of anilines is 1. The molecule has 3 heterocycles. The number of rotatable bonds is 5. The lowest BCUT2D eigenvalue weighted by atomic mass is 10.1. The summed E-state index contributed by atoms with van der Waals surface area (Å²) >= 11 is 1.67. The van der Waals surface area contributed by atoms with Gasteiger partial charge in [-0.25, -0.2) is 4.98 Å². The Balaban J connectivity index is 1.98. The number of nitrogens with one attached hydrogen (secondary N) is 1. The molecule has 0 spiro atoms. The molecule has 1 atom stereocenters. The largest absolute Gasteiger partial charge is 0.394 e. The molecule has 3 rings (SSSR count). The summed E-state index contributed by atoms with van der Waals surface area (Å²) in [6.45, 7) is 5.09. The standard InChI is InChI=1S/C15H24N4OS/c1-2-16-10-13-14(17-15-19(13)8-9-21-15)18-7-5-3-4-6-12(18)11-20/h8-9,12,16,20H,2-7,10-11H2,1H3. The van der Waals surface area contributed by atoms with Gasteiger partial charge in [-0.05, 0) is 19.4 Å². The van der Waals surface area contributed by atoms with Crippen molar-refractivity contribution in [1.29, 1.82) is 0 Å². The molecule has 2 aromatic rings. The fourth-order valence-corrected chi connectivity index (χ4v) is 3.83. The van der Waals surface area contributed by atoms with E-state index < -0.39 is 0 Å². The van der Waals surface area contributed by atoms with E-state index in [1.54, 1.807) is 11.3 Å². The van der Waals surface area contributed by atoms with Gasteiger partial charge < -0.3 is 15.3 Å². The van der Waals surface area contributed by atoms with Crippen molar-refractivity contribution in [3.05, 3.63) is 17.3 Å². The third-order valence-electron chi connectivity index (χ3n) is 4.24. The van der Waals surface area contributed by atoms with Gasteiger partial charge in [0.25, 0.3) is 0 Å². The second kappa shape index (κ2) is 6.77. The van der Waals surface area contributed by atoms with Gasteiger partial charge >= 0.3 is 0 Å². The first-order valence-electron chi connectivity index (χ1n) is 7.87. The number of fused-ring (bicyclic) bond motifs is 1. The van der Waals surface area contributed by atoms with Crippen LogP contribution in [0.5, 0.6) is 0 Å². The van der Waals surface area contributed by atoms with Gasteiger partial charge in [-0.15, -0.1) is 11.3 Å². The molecule has 2 aromatic heterocycles. The van der Waals surface area contributed by atoms with Gasteiger partial charge in [0.05, 0.1) is 18.3 Å². The molecule has 0 saturated carbocycles. The minimum atomic E-state index is 0.206. The van der Waals surface area contributed by atoms with E-state index in [2.05, 4.69) is 33.1 Å². The molecule has 21 heavy (non-hydrogen) atoms. The van der Waals surface area contributed by atoms with E-state index in [4.69, 9.17) is 4.98 Å². The van der Waals surface area contributed by atoms with Gasteiger partial charge in [-0.3, -0.25) is 4.40 Å². The van der Waals surface area contributed by atoms with Crippen LogP contribution in [0.25, 0.3) is 4.96 Å². The molecule has 0 bridgehead atoms. The Labute approximate surface area is 129 Å². The molecular weight excluding hydrogens is 284 g/mol. The average molecular weight is 308 g/mol. The van der Waals surface area contributed by atoms with Crippen molar-refractivity contribution in [2.45, 2.75) is 45.2 Å². The second-order valence-electron chi connectivity index (χ2n) is 5.60. The normalized spacial score (nSPS) is 20.1. The van der Waals surface area contributed by atoms with Crippen LogP contribution in [-0.4, -0.2) is 40.2 Å². The number of imidazole rings is 1. The molecule has 1 aliphatic rings. The van der Waals surface area contributed by atoms with Crippen molar-refractivity contribution in [2.24, 2.45) is 0 Å². The number of aromatic nitrogens is 2. The van der Waals surface area contributed by atoms with E-state index in [0.29, 0.717) is 0 Å². The maximum Gasteiger partial charge on any atom is 0.195 e. The van der Waals surface area contributed by atoms with Crippen LogP contribution < -0.4 is 10.2 Å². The average Bonchev–Trinajstić information content (AvgIpc) is 2.99. The van der Waals surface area contributed by atoms with Crippen LogP contribution in [0.2, 0.25) is 0 Å². The van der Waals surface area contributed by atoms with Crippen molar-refractivity contribution < 1.29 is 5.11 Å². The highest BCUT2D eigenvalue weighted by molar-refractivity contribution is 7.15. The Morgan fingerprint density at radius 1 is 1.43 bits per heavy atom. The first-order chi connectivity index (χ1) is 10.3. The Hall–Kier alpha value is -1.11. The van der Waals surface area contributed by atoms with Crippen molar-refractivity contribution in [3.63, 3.8) is 0 Å². The summed E-state index contributed by atoms with van der Waals surface area (Å²) < 4.78 is 2.18. The van der Waals surface area contributed by atoms with E-state index in [1.807, 2.05) is 0 Å². The molecule has 0 radical (unpaired) electrons. The first kappa shape index (κ1) is 14.8. The Morgan fingerprint density at radius 3 is 3.14 bits per heavy atom. The summed E-state index contributed by atoms with van der Waals surface area (Å²) in [5.41, 5.74) is 1.22. The minimum absolute atomic E-state index is 0.206. The summed E-state index contributed by atoms with van der Waals surface area (Å²) in [4.78, 5) is 8.22. The van der Waals surface area contributed by atoms with Crippen LogP contribution in [0.1, 0.15) is 38.3 Å². The number of hydrogen-bond acceptors (Lipinski definition) is 5. The first-order valence-corrected chi connectivity index (χ1v) is 8.75. The Kier molecular flexibility index (Phi) is 4.77. The van der Waals surface area contributed by atoms with Crippen LogP contribution >= 0.6 is 11.3 Å². The lowest BCUT2D eigenvalue weighted by molar-refractivity contribution is 0.254. The fraction of sp³-hybridized carbons (Fsp3) is 0.667. The predicted octanol–water partition coefficient (Wildman–Crippen LogP) is 2.25. The van der Waals surface area contributed by atoms with Crippen LogP contribution in [0.15, 0.2) is 11.6 Å². The van der Waals surface area contributed by atoms with E-state index in [-0.39, 0.29) is 12.6 Å². The molecule has 1 aliphatic heterocycles. The molecule has 1 unspecified atom stereocenters. The molecule has 6 heteroatoms. The number of hydrogen-bond donors (Lipinski definition) is 2. The smallest absolute Gasteiger partial charge is 0.195 e. The van der Waals surface area contributed by atoms with Crippen LogP contribution in [-0.2, 0) is 6.54 Å². The summed E-state index contributed by atoms with van der Waals surface area (Å²) in [5, 5.41) is 15.2. The maximum absolute atomic E-state index is 9.75. The number of aliphatic hydroxyl groups is 1. The van der Waals surface area contributed by atoms with Gasteiger partial charge in [-0.1, -0.05) is 19.8 Å². The van der Waals surface area contributed by atoms with Crippen LogP contribution in [0.4, 0.5) is 5.82 Å². The van der Waals surface area contributed by atoms with Crippen molar-refractivity contribution >= 4 is 22.1 Å². The second-order valence-corrected chi connectivity index (χ2v) is 6.47. The third-order valence-corrected chi connectivity index (χ3v) is 5.00. The predicted molar refractivity (Wildman–Crippen MR) is 87.1 cm³/mol. The van der Waals surface area contributed by atoms with Crippen LogP contribution in [0, 0.1) is 0 Å². The third kappa shape index (κ3) is 2.93. The number of aliphatic hydroxyl groups excluding tert-OH is 1. The van der Waals surface area contributed by atoms with Gasteiger partial charge in [0.2, 0.25) is 0 Å². The van der Waals surface area contributed by atoms with Crippen molar-refractivity contribution in [3.8, 4) is 0 Å². The summed E-state index contributed by atoms with van der Waals surface area (Å²) in [5.74, 6) is 1.06. The SMILES string of the molecule is CCNCc1c(N2CCCCCC2CO)nc2sccn12. The highest BCUT2D eigenvalue weighted by Gasteiger charge is 2.26. The Morgan fingerprint density at radius 2 is 2.33 bits per heavy atom. The highest BCUT2D eigenvalue weighted by Crippen LogP contribution is 2.29. The van der Waals surface area contributed by atoms with Gasteiger partial charge in [-0.2, -0.15) is 0 Å². The topological polar surface area (TPSA) is 52.8 Å². The number of thiazole rings is 1. The molecule has 5 nitrogen and oxygen atoms in total. The molecular formula is C15H24N4OS. The molecule has 0 amide bonds. The lowest BCUT2D eigenvalue weighted by Crippen LogP contribution is -2.38. The molecule has 116 valence electrons. The quantitative estimate of drug-likeness (QED) is 0.889. The van der Waals surface area contributed by atoms with E-state index in [0.717, 1.165) is 36.8 Å². The van der Waals surface area contributed by atoms with Crippen molar-refractivity contribution in [2.75, 3.05) is 24.6 Å². The monoisotopic (exact) mass is 308 g/mol. The van der Waals surface area contributed by atoms with Gasteiger partial charge in [0.15, 0.2) is 10.8 Å².